The van der Waals surface area contributed by atoms with Gasteiger partial charge in [-0.05, 0) is 60.6 Å². The molecule has 0 aliphatic heterocycles. The van der Waals surface area contributed by atoms with Crippen LogP contribution in [0, 0.1) is 24.3 Å². The molecule has 0 spiro atoms. The number of hydrogen-bond donors (Lipinski definition) is 1. The maximum atomic E-state index is 11.7. The molecule has 0 aliphatic rings. The minimum atomic E-state index is -0.0775. The Morgan fingerprint density at radius 1 is 1.18 bits per heavy atom. The fourth-order valence-electron chi connectivity index (χ4n) is 1.60. The third-order valence-electron chi connectivity index (χ3n) is 2.81. The molecule has 0 saturated heterocycles. The number of rotatable bonds is 1. The molecule has 0 saturated carbocycles. The Bertz CT molecular complexity index is 632. The van der Waals surface area contributed by atoms with Gasteiger partial charge >= 0.3 is 0 Å². The summed E-state index contributed by atoms with van der Waals surface area (Å²) in [4.78, 5) is 18.9. The Morgan fingerprint density at radius 2 is 1.88 bits per heavy atom. The van der Waals surface area contributed by atoms with E-state index in [-0.39, 0.29) is 5.56 Å². The van der Waals surface area contributed by atoms with Crippen LogP contribution in [0.25, 0.3) is 11.4 Å². The molecule has 0 fully saturated rings. The molecule has 1 N–H and O–H groups in total. The monoisotopic (exact) mass is 340 g/mol. The molecule has 3 nitrogen and oxygen atoms in total. The van der Waals surface area contributed by atoms with E-state index in [0.29, 0.717) is 9.39 Å². The minimum absolute atomic E-state index is 0.0775. The van der Waals surface area contributed by atoms with Gasteiger partial charge in [0.25, 0.3) is 5.56 Å². The molecule has 0 radical (unpaired) electrons. The fourth-order valence-corrected chi connectivity index (χ4v) is 1.85. The highest BCUT2D eigenvalue weighted by Crippen LogP contribution is 2.18. The Labute approximate surface area is 113 Å². The van der Waals surface area contributed by atoms with Crippen LogP contribution in [0.1, 0.15) is 16.8 Å². The Kier molecular flexibility index (Phi) is 3.33. The lowest BCUT2D eigenvalue weighted by molar-refractivity contribution is 1.05. The van der Waals surface area contributed by atoms with Crippen molar-refractivity contribution in [3.05, 3.63) is 48.9 Å². The lowest BCUT2D eigenvalue weighted by atomic mass is 10.1. The largest absolute Gasteiger partial charge is 0.306 e. The molecule has 0 bridgehead atoms. The van der Waals surface area contributed by atoms with E-state index in [4.69, 9.17) is 0 Å². The quantitative estimate of drug-likeness (QED) is 0.812. The van der Waals surface area contributed by atoms with E-state index >= 15 is 0 Å². The van der Waals surface area contributed by atoms with Gasteiger partial charge in [-0.2, -0.15) is 0 Å². The van der Waals surface area contributed by atoms with Crippen LogP contribution in [-0.4, -0.2) is 9.97 Å². The van der Waals surface area contributed by atoms with Crippen molar-refractivity contribution >= 4 is 22.6 Å². The van der Waals surface area contributed by atoms with Crippen LogP contribution >= 0.6 is 22.6 Å². The van der Waals surface area contributed by atoms with Crippen LogP contribution < -0.4 is 5.56 Å². The van der Waals surface area contributed by atoms with Crippen molar-refractivity contribution in [2.45, 2.75) is 20.8 Å². The van der Waals surface area contributed by atoms with Gasteiger partial charge in [0.15, 0.2) is 0 Å². The summed E-state index contributed by atoms with van der Waals surface area (Å²) in [5, 5.41) is 0. The van der Waals surface area contributed by atoms with Crippen molar-refractivity contribution in [2.75, 3.05) is 0 Å². The molecule has 1 heterocycles. The molecule has 1 aromatic carbocycles. The van der Waals surface area contributed by atoms with Crippen LogP contribution in [0.5, 0.6) is 0 Å². The van der Waals surface area contributed by atoms with E-state index in [1.54, 1.807) is 0 Å². The summed E-state index contributed by atoms with van der Waals surface area (Å²) in [6.07, 6.45) is 0. The van der Waals surface area contributed by atoms with Crippen molar-refractivity contribution in [3.8, 4) is 11.4 Å². The first kappa shape index (κ1) is 12.3. The number of aryl methyl sites for hydroxylation is 3. The standard InChI is InChI=1S/C13H13IN2O/c1-7-4-5-10(6-8(7)2)12-15-9(3)11(14)13(17)16-12/h4-6H,1-3H3,(H,15,16,17). The molecule has 0 unspecified atom stereocenters. The van der Waals surface area contributed by atoms with Crippen LogP contribution in [0.3, 0.4) is 0 Å². The molecular formula is C13H13IN2O. The lowest BCUT2D eigenvalue weighted by Gasteiger charge is -2.06. The Hall–Kier alpha value is -1.17. The number of aromatic nitrogens is 2. The van der Waals surface area contributed by atoms with E-state index in [1.165, 1.54) is 11.1 Å². The first-order valence-electron chi connectivity index (χ1n) is 5.33. The smallest absolute Gasteiger partial charge is 0.264 e. The zero-order valence-electron chi connectivity index (χ0n) is 9.97. The normalized spacial score (nSPS) is 10.6. The van der Waals surface area contributed by atoms with Gasteiger partial charge in [-0.15, -0.1) is 0 Å². The van der Waals surface area contributed by atoms with Crippen molar-refractivity contribution in [2.24, 2.45) is 0 Å². The first-order valence-corrected chi connectivity index (χ1v) is 6.41. The van der Waals surface area contributed by atoms with E-state index in [1.807, 2.05) is 47.7 Å². The van der Waals surface area contributed by atoms with Gasteiger partial charge in [0.2, 0.25) is 0 Å². The molecule has 1 aromatic heterocycles. The number of H-pyrrole nitrogens is 1. The topological polar surface area (TPSA) is 45.8 Å². The first-order chi connectivity index (χ1) is 7.99. The number of benzene rings is 1. The molecule has 17 heavy (non-hydrogen) atoms. The number of halogens is 1. The van der Waals surface area contributed by atoms with Crippen molar-refractivity contribution in [1.29, 1.82) is 0 Å². The second-order valence-electron chi connectivity index (χ2n) is 4.11. The molecule has 0 atom stereocenters. The van der Waals surface area contributed by atoms with E-state index < -0.39 is 0 Å². The van der Waals surface area contributed by atoms with Crippen LogP contribution in [0.4, 0.5) is 0 Å². The summed E-state index contributed by atoms with van der Waals surface area (Å²) in [7, 11) is 0. The molecule has 0 aliphatic carbocycles. The summed E-state index contributed by atoms with van der Waals surface area (Å²) in [5.74, 6) is 0.635. The van der Waals surface area contributed by atoms with Crippen molar-refractivity contribution in [1.82, 2.24) is 9.97 Å². The van der Waals surface area contributed by atoms with Gasteiger partial charge in [0.05, 0.1) is 9.26 Å². The average Bonchev–Trinajstić information content (AvgIpc) is 2.29. The molecule has 2 rings (SSSR count). The highest BCUT2D eigenvalue weighted by molar-refractivity contribution is 14.1. The highest BCUT2D eigenvalue weighted by atomic mass is 127. The molecule has 0 amide bonds. The third-order valence-corrected chi connectivity index (χ3v) is 4.08. The maximum absolute atomic E-state index is 11.7. The second-order valence-corrected chi connectivity index (χ2v) is 5.19. The Balaban J connectivity index is 2.61. The maximum Gasteiger partial charge on any atom is 0.264 e. The number of nitrogens with one attached hydrogen (secondary N) is 1. The van der Waals surface area contributed by atoms with Gasteiger partial charge < -0.3 is 4.98 Å². The summed E-state index contributed by atoms with van der Waals surface area (Å²) < 4.78 is 0.648. The predicted octanol–water partition coefficient (Wildman–Crippen LogP) is 2.97. The van der Waals surface area contributed by atoms with Gasteiger partial charge in [-0.25, -0.2) is 4.98 Å². The number of hydrogen-bond acceptors (Lipinski definition) is 2. The van der Waals surface area contributed by atoms with E-state index in [0.717, 1.165) is 11.3 Å². The lowest BCUT2D eigenvalue weighted by Crippen LogP contribution is -2.14. The van der Waals surface area contributed by atoms with Gasteiger partial charge in [0, 0.05) is 5.56 Å². The highest BCUT2D eigenvalue weighted by Gasteiger charge is 2.07. The Morgan fingerprint density at radius 3 is 2.47 bits per heavy atom. The summed E-state index contributed by atoms with van der Waals surface area (Å²) in [6, 6.07) is 6.06. The molecule has 4 heteroatoms. The summed E-state index contributed by atoms with van der Waals surface area (Å²) in [5.41, 5.74) is 4.07. The van der Waals surface area contributed by atoms with Crippen LogP contribution in [0.15, 0.2) is 23.0 Å². The zero-order valence-corrected chi connectivity index (χ0v) is 12.1. The average molecular weight is 340 g/mol. The SMILES string of the molecule is Cc1ccc(-c2nc(C)c(I)c(=O)[nH]2)cc1C. The summed E-state index contributed by atoms with van der Waals surface area (Å²) in [6.45, 7) is 5.96. The van der Waals surface area contributed by atoms with Gasteiger partial charge in [-0.1, -0.05) is 12.1 Å². The van der Waals surface area contributed by atoms with Crippen LogP contribution in [-0.2, 0) is 0 Å². The zero-order chi connectivity index (χ0) is 12.6. The number of aromatic amines is 1. The third kappa shape index (κ3) is 2.41. The molecule has 2 aromatic rings. The summed E-state index contributed by atoms with van der Waals surface area (Å²) >= 11 is 2.01. The van der Waals surface area contributed by atoms with Gasteiger partial charge in [0.1, 0.15) is 5.82 Å². The van der Waals surface area contributed by atoms with Gasteiger partial charge in [-0.3, -0.25) is 4.79 Å². The van der Waals surface area contributed by atoms with Crippen LogP contribution in [0.2, 0.25) is 0 Å². The van der Waals surface area contributed by atoms with E-state index in [2.05, 4.69) is 23.8 Å². The fraction of sp³-hybridized carbons (Fsp3) is 0.231. The molecular weight excluding hydrogens is 327 g/mol. The van der Waals surface area contributed by atoms with Crippen molar-refractivity contribution < 1.29 is 0 Å². The van der Waals surface area contributed by atoms with Crippen molar-refractivity contribution in [3.63, 3.8) is 0 Å². The second kappa shape index (κ2) is 4.60. The van der Waals surface area contributed by atoms with E-state index in [9.17, 15) is 4.79 Å². The number of nitrogens with zero attached hydrogens (tertiary/aromatic N) is 1. The molecule has 88 valence electrons. The predicted molar refractivity (Wildman–Crippen MR) is 77.2 cm³/mol. The minimum Gasteiger partial charge on any atom is -0.306 e.